The molecule has 0 aromatic carbocycles. The van der Waals surface area contributed by atoms with Gasteiger partial charge in [-0.15, -0.1) is 11.3 Å². The summed E-state index contributed by atoms with van der Waals surface area (Å²) in [6.07, 6.45) is 0.624. The van der Waals surface area contributed by atoms with Gasteiger partial charge in [-0.2, -0.15) is 0 Å². The molecule has 0 saturated carbocycles. The molecule has 2 rings (SSSR count). The number of ether oxygens (including phenoxy) is 2. The Morgan fingerprint density at radius 1 is 1.57 bits per heavy atom. The van der Waals surface area contributed by atoms with Crippen molar-refractivity contribution in [2.45, 2.75) is 31.9 Å². The van der Waals surface area contributed by atoms with Gasteiger partial charge in [0.2, 0.25) is 0 Å². The number of hydrogen-bond acceptors (Lipinski definition) is 5. The molecule has 1 aromatic rings. The second kappa shape index (κ2) is 6.55. The number of carbonyl (C=O) groups excluding carboxylic acids is 1. The van der Waals surface area contributed by atoms with Gasteiger partial charge >= 0.3 is 5.97 Å². The van der Waals surface area contributed by atoms with Crippen LogP contribution in [0.2, 0.25) is 0 Å². The molecule has 1 aliphatic heterocycles. The third-order valence-electron chi connectivity index (χ3n) is 3.27. The number of hydrogen-bond donors (Lipinski definition) is 2. The average molecular weight is 313 g/mol. The van der Waals surface area contributed by atoms with E-state index in [1.807, 2.05) is 6.07 Å². The van der Waals surface area contributed by atoms with Gasteiger partial charge in [-0.05, 0) is 18.6 Å². The number of carboxylic acids is 1. The zero-order valence-electron chi connectivity index (χ0n) is 12.1. The summed E-state index contributed by atoms with van der Waals surface area (Å²) in [7, 11) is 1.48. The molecule has 116 valence electrons. The molecule has 6 nitrogen and oxygen atoms in total. The number of amides is 1. The predicted molar refractivity (Wildman–Crippen MR) is 77.7 cm³/mol. The Kier molecular flexibility index (Phi) is 4.97. The fourth-order valence-electron chi connectivity index (χ4n) is 2.38. The molecule has 0 fully saturated rings. The van der Waals surface area contributed by atoms with E-state index < -0.39 is 11.5 Å². The van der Waals surface area contributed by atoms with Crippen molar-refractivity contribution in [2.24, 2.45) is 0 Å². The van der Waals surface area contributed by atoms with Crippen LogP contribution in [-0.4, -0.2) is 42.8 Å². The fraction of sp³-hybridized carbons (Fsp3) is 0.571. The zero-order chi connectivity index (χ0) is 15.5. The van der Waals surface area contributed by atoms with Crippen LogP contribution in [0.3, 0.4) is 0 Å². The highest BCUT2D eigenvalue weighted by molar-refractivity contribution is 7.14. The Morgan fingerprint density at radius 3 is 2.95 bits per heavy atom. The van der Waals surface area contributed by atoms with Crippen LogP contribution in [-0.2, 0) is 27.3 Å². The Balaban J connectivity index is 2.11. The number of nitrogens with one attached hydrogen (secondary N) is 1. The molecule has 1 aliphatic rings. The summed E-state index contributed by atoms with van der Waals surface area (Å²) in [4.78, 5) is 25.0. The first-order chi connectivity index (χ1) is 9.93. The highest BCUT2D eigenvalue weighted by Gasteiger charge is 2.31. The monoisotopic (exact) mass is 313 g/mol. The lowest BCUT2D eigenvalue weighted by Crippen LogP contribution is -2.50. The summed E-state index contributed by atoms with van der Waals surface area (Å²) in [5, 5.41) is 11.7. The van der Waals surface area contributed by atoms with Crippen molar-refractivity contribution in [1.29, 1.82) is 0 Å². The topological polar surface area (TPSA) is 84.9 Å². The number of aliphatic carboxylic acids is 1. The van der Waals surface area contributed by atoms with Gasteiger partial charge in [-0.3, -0.25) is 9.59 Å². The van der Waals surface area contributed by atoms with Crippen molar-refractivity contribution in [3.63, 3.8) is 0 Å². The maximum atomic E-state index is 12.3. The number of rotatable bonds is 6. The van der Waals surface area contributed by atoms with Gasteiger partial charge in [0.1, 0.15) is 0 Å². The molecule has 0 bridgehead atoms. The van der Waals surface area contributed by atoms with Crippen LogP contribution >= 0.6 is 11.3 Å². The standard InChI is InChI=1S/C14H19NO5S/c1-14(8-19-2,6-12(16)17)15-13(18)11-5-9-7-20-4-3-10(9)21-11/h5H,3-4,6-8H2,1-2H3,(H,15,18)(H,16,17). The SMILES string of the molecule is COCC(C)(CC(=O)O)NC(=O)c1cc2c(s1)CCOC2. The molecule has 21 heavy (non-hydrogen) atoms. The molecule has 1 atom stereocenters. The molecule has 0 radical (unpaired) electrons. The van der Waals surface area contributed by atoms with Crippen molar-refractivity contribution in [3.8, 4) is 0 Å². The van der Waals surface area contributed by atoms with Gasteiger partial charge in [0.05, 0.1) is 36.7 Å². The van der Waals surface area contributed by atoms with Crippen molar-refractivity contribution < 1.29 is 24.2 Å². The van der Waals surface area contributed by atoms with Crippen LogP contribution in [0.25, 0.3) is 0 Å². The van der Waals surface area contributed by atoms with Crippen LogP contribution in [0.4, 0.5) is 0 Å². The van der Waals surface area contributed by atoms with Crippen LogP contribution in [0.1, 0.15) is 33.5 Å². The fourth-order valence-corrected chi connectivity index (χ4v) is 3.42. The maximum Gasteiger partial charge on any atom is 0.305 e. The molecule has 0 spiro atoms. The van der Waals surface area contributed by atoms with Gasteiger partial charge in [-0.25, -0.2) is 0 Å². The van der Waals surface area contributed by atoms with Crippen LogP contribution in [0.5, 0.6) is 0 Å². The van der Waals surface area contributed by atoms with E-state index in [4.69, 9.17) is 14.6 Å². The molecule has 1 unspecified atom stereocenters. The predicted octanol–water partition coefficient (Wildman–Crippen LogP) is 1.43. The van der Waals surface area contributed by atoms with Crippen LogP contribution < -0.4 is 5.32 Å². The van der Waals surface area contributed by atoms with Crippen molar-refractivity contribution >= 4 is 23.2 Å². The summed E-state index contributed by atoms with van der Waals surface area (Å²) < 4.78 is 10.4. The summed E-state index contributed by atoms with van der Waals surface area (Å²) in [5.74, 6) is -1.25. The first kappa shape index (κ1) is 15.9. The van der Waals surface area contributed by atoms with Gasteiger partial charge in [-0.1, -0.05) is 0 Å². The Labute approximate surface area is 127 Å². The van der Waals surface area contributed by atoms with E-state index >= 15 is 0 Å². The first-order valence-electron chi connectivity index (χ1n) is 6.66. The van der Waals surface area contributed by atoms with Gasteiger partial charge in [0, 0.05) is 18.4 Å². The highest BCUT2D eigenvalue weighted by Crippen LogP contribution is 2.27. The lowest BCUT2D eigenvalue weighted by molar-refractivity contribution is -0.139. The minimum atomic E-state index is -0.978. The minimum Gasteiger partial charge on any atom is -0.481 e. The molecular weight excluding hydrogens is 294 g/mol. The van der Waals surface area contributed by atoms with E-state index in [2.05, 4.69) is 5.32 Å². The van der Waals surface area contributed by atoms with Crippen LogP contribution in [0, 0.1) is 0 Å². The third kappa shape index (κ3) is 4.03. The zero-order valence-corrected chi connectivity index (χ0v) is 12.9. The summed E-state index contributed by atoms with van der Waals surface area (Å²) in [6.45, 7) is 3.01. The average Bonchev–Trinajstić information content (AvgIpc) is 2.81. The molecule has 0 aliphatic carbocycles. The van der Waals surface area contributed by atoms with Crippen molar-refractivity contribution in [1.82, 2.24) is 5.32 Å². The Morgan fingerprint density at radius 2 is 2.33 bits per heavy atom. The molecule has 0 saturated heterocycles. The van der Waals surface area contributed by atoms with Gasteiger partial charge < -0.3 is 19.9 Å². The Bertz CT molecular complexity index is 518. The van der Waals surface area contributed by atoms with E-state index in [-0.39, 0.29) is 18.9 Å². The van der Waals surface area contributed by atoms with E-state index in [9.17, 15) is 9.59 Å². The van der Waals surface area contributed by atoms with Crippen LogP contribution in [0.15, 0.2) is 6.07 Å². The molecule has 1 amide bonds. The molecule has 2 heterocycles. The molecular formula is C14H19NO5S. The minimum absolute atomic E-state index is 0.138. The van der Waals surface area contributed by atoms with Gasteiger partial charge in [0.15, 0.2) is 0 Å². The normalized spacial score (nSPS) is 16.9. The van der Waals surface area contributed by atoms with E-state index in [1.165, 1.54) is 18.4 Å². The highest BCUT2D eigenvalue weighted by atomic mass is 32.1. The largest absolute Gasteiger partial charge is 0.481 e. The Hall–Kier alpha value is -1.44. The quantitative estimate of drug-likeness (QED) is 0.830. The number of fused-ring (bicyclic) bond motifs is 1. The molecule has 1 aromatic heterocycles. The number of thiophene rings is 1. The first-order valence-corrected chi connectivity index (χ1v) is 7.48. The lowest BCUT2D eigenvalue weighted by atomic mass is 9.99. The van der Waals surface area contributed by atoms with E-state index in [1.54, 1.807) is 6.92 Å². The third-order valence-corrected chi connectivity index (χ3v) is 4.51. The van der Waals surface area contributed by atoms with Crippen molar-refractivity contribution in [3.05, 3.63) is 21.4 Å². The number of carboxylic acid groups (broad SMARTS) is 1. The lowest BCUT2D eigenvalue weighted by Gasteiger charge is -2.28. The van der Waals surface area contributed by atoms with E-state index in [0.29, 0.717) is 18.1 Å². The second-order valence-corrected chi connectivity index (χ2v) is 6.52. The smallest absolute Gasteiger partial charge is 0.305 e. The van der Waals surface area contributed by atoms with Gasteiger partial charge in [0.25, 0.3) is 5.91 Å². The molecule has 7 heteroatoms. The molecule has 2 N–H and O–H groups in total. The summed E-state index contributed by atoms with van der Waals surface area (Å²) in [6, 6.07) is 1.82. The second-order valence-electron chi connectivity index (χ2n) is 5.38. The maximum absolute atomic E-state index is 12.3. The number of methoxy groups -OCH3 is 1. The number of carbonyl (C=O) groups is 2. The summed E-state index contributed by atoms with van der Waals surface area (Å²) in [5.41, 5.74) is 0.113. The van der Waals surface area contributed by atoms with E-state index in [0.717, 1.165) is 16.9 Å². The van der Waals surface area contributed by atoms with Crippen molar-refractivity contribution in [2.75, 3.05) is 20.3 Å². The summed E-state index contributed by atoms with van der Waals surface area (Å²) >= 11 is 1.44.